The molecule has 5 heteroatoms. The van der Waals surface area contributed by atoms with Crippen molar-refractivity contribution in [2.45, 2.75) is 6.92 Å². The second-order valence-corrected chi connectivity index (χ2v) is 5.15. The minimum absolute atomic E-state index is 0.0235. The first kappa shape index (κ1) is 14.8. The van der Waals surface area contributed by atoms with E-state index >= 15 is 0 Å². The van der Waals surface area contributed by atoms with Crippen LogP contribution in [0.25, 0.3) is 5.69 Å². The Bertz CT molecular complexity index is 780. The molecule has 0 fully saturated rings. The van der Waals surface area contributed by atoms with Crippen molar-refractivity contribution in [3.8, 4) is 11.4 Å². The summed E-state index contributed by atoms with van der Waals surface area (Å²) < 4.78 is 7.23. The number of aryl methyl sites for hydroxylation is 1. The van der Waals surface area contributed by atoms with Gasteiger partial charge in [-0.15, -0.1) is 0 Å². The van der Waals surface area contributed by atoms with Gasteiger partial charge in [-0.05, 0) is 55.0 Å². The van der Waals surface area contributed by atoms with Gasteiger partial charge in [-0.3, -0.25) is 4.79 Å². The van der Waals surface area contributed by atoms with Crippen molar-refractivity contribution in [3.63, 3.8) is 0 Å². The van der Waals surface area contributed by atoms with Crippen LogP contribution in [-0.4, -0.2) is 22.3 Å². The number of hydrogen-bond donors (Lipinski definition) is 1. The van der Waals surface area contributed by atoms with Crippen molar-refractivity contribution in [2.24, 2.45) is 0 Å². The molecular formula is C18H17N3O2. The number of rotatable bonds is 5. The quantitative estimate of drug-likeness (QED) is 0.787. The van der Waals surface area contributed by atoms with Crippen LogP contribution in [0.15, 0.2) is 67.0 Å². The molecule has 23 heavy (non-hydrogen) atoms. The summed E-state index contributed by atoms with van der Waals surface area (Å²) in [5, 5.41) is 6.96. The van der Waals surface area contributed by atoms with E-state index in [0.29, 0.717) is 5.75 Å². The van der Waals surface area contributed by atoms with Gasteiger partial charge in [-0.1, -0.05) is 12.1 Å². The number of amides is 1. The third-order valence-corrected chi connectivity index (χ3v) is 3.28. The monoisotopic (exact) mass is 307 g/mol. The van der Waals surface area contributed by atoms with Crippen molar-refractivity contribution in [3.05, 3.63) is 72.6 Å². The molecule has 3 rings (SSSR count). The number of aromatic nitrogens is 2. The van der Waals surface area contributed by atoms with Crippen molar-refractivity contribution < 1.29 is 9.53 Å². The highest BCUT2D eigenvalue weighted by atomic mass is 16.5. The molecule has 5 nitrogen and oxygen atoms in total. The molecule has 2 aromatic carbocycles. The van der Waals surface area contributed by atoms with Crippen molar-refractivity contribution >= 4 is 11.6 Å². The van der Waals surface area contributed by atoms with E-state index in [1.807, 2.05) is 67.7 Å². The van der Waals surface area contributed by atoms with E-state index in [1.54, 1.807) is 10.9 Å². The topological polar surface area (TPSA) is 56.1 Å². The predicted molar refractivity (Wildman–Crippen MR) is 88.9 cm³/mol. The summed E-state index contributed by atoms with van der Waals surface area (Å²) in [5.41, 5.74) is 2.75. The predicted octanol–water partition coefficient (Wildman–Crippen LogP) is 3.20. The lowest BCUT2D eigenvalue weighted by Gasteiger charge is -2.09. The van der Waals surface area contributed by atoms with Crippen molar-refractivity contribution in [2.75, 3.05) is 11.9 Å². The standard InChI is InChI=1S/C18H17N3O2/c1-14-4-2-5-17(12-14)23-13-18(22)20-15-6-8-16(9-7-15)21-11-3-10-19-21/h2-12H,13H2,1H3,(H,20,22). The second-order valence-electron chi connectivity index (χ2n) is 5.15. The molecule has 0 atom stereocenters. The van der Waals surface area contributed by atoms with Crippen LogP contribution in [-0.2, 0) is 4.79 Å². The third-order valence-electron chi connectivity index (χ3n) is 3.28. The Balaban J connectivity index is 1.55. The third kappa shape index (κ3) is 3.97. The average Bonchev–Trinajstić information content (AvgIpc) is 3.08. The van der Waals surface area contributed by atoms with E-state index < -0.39 is 0 Å². The van der Waals surface area contributed by atoms with E-state index in [9.17, 15) is 4.79 Å². The number of nitrogens with one attached hydrogen (secondary N) is 1. The van der Waals surface area contributed by atoms with Crippen LogP contribution in [0, 0.1) is 6.92 Å². The van der Waals surface area contributed by atoms with Crippen LogP contribution in [0.3, 0.4) is 0 Å². The van der Waals surface area contributed by atoms with Gasteiger partial charge >= 0.3 is 0 Å². The summed E-state index contributed by atoms with van der Waals surface area (Å²) in [4.78, 5) is 11.9. The van der Waals surface area contributed by atoms with Crippen LogP contribution in [0.1, 0.15) is 5.56 Å². The Hall–Kier alpha value is -3.08. The molecule has 0 saturated carbocycles. The molecule has 0 saturated heterocycles. The molecule has 0 bridgehead atoms. The summed E-state index contributed by atoms with van der Waals surface area (Å²) >= 11 is 0. The highest BCUT2D eigenvalue weighted by molar-refractivity contribution is 5.91. The summed E-state index contributed by atoms with van der Waals surface area (Å²) in [6.45, 7) is 1.96. The van der Waals surface area contributed by atoms with E-state index in [2.05, 4.69) is 10.4 Å². The maximum absolute atomic E-state index is 11.9. The van der Waals surface area contributed by atoms with Crippen molar-refractivity contribution in [1.29, 1.82) is 0 Å². The molecule has 1 aromatic heterocycles. The number of ether oxygens (including phenoxy) is 1. The largest absolute Gasteiger partial charge is 0.484 e. The molecule has 0 aliphatic carbocycles. The van der Waals surface area contributed by atoms with Gasteiger partial charge in [-0.25, -0.2) is 4.68 Å². The lowest BCUT2D eigenvalue weighted by atomic mass is 10.2. The van der Waals surface area contributed by atoms with Gasteiger partial charge < -0.3 is 10.1 Å². The first-order chi connectivity index (χ1) is 11.2. The van der Waals surface area contributed by atoms with Gasteiger partial charge in [0.2, 0.25) is 0 Å². The zero-order valence-corrected chi connectivity index (χ0v) is 12.8. The van der Waals surface area contributed by atoms with Crippen molar-refractivity contribution in [1.82, 2.24) is 9.78 Å². The number of carbonyl (C=O) groups excluding carboxylic acids is 1. The van der Waals surface area contributed by atoms with Crippen LogP contribution in [0.4, 0.5) is 5.69 Å². The van der Waals surface area contributed by atoms with Crippen LogP contribution >= 0.6 is 0 Å². The second kappa shape index (κ2) is 6.79. The average molecular weight is 307 g/mol. The minimum atomic E-state index is -0.196. The van der Waals surface area contributed by atoms with Crippen LogP contribution < -0.4 is 10.1 Å². The Morgan fingerprint density at radius 2 is 2.00 bits per heavy atom. The van der Waals surface area contributed by atoms with Gasteiger partial charge in [0, 0.05) is 18.1 Å². The molecular weight excluding hydrogens is 290 g/mol. The van der Waals surface area contributed by atoms with Gasteiger partial charge in [0.1, 0.15) is 5.75 Å². The number of anilines is 1. The summed E-state index contributed by atoms with van der Waals surface area (Å²) in [6.07, 6.45) is 3.58. The molecule has 116 valence electrons. The molecule has 0 radical (unpaired) electrons. The fourth-order valence-electron chi connectivity index (χ4n) is 2.17. The van der Waals surface area contributed by atoms with Crippen LogP contribution in [0.2, 0.25) is 0 Å². The zero-order valence-electron chi connectivity index (χ0n) is 12.8. The Morgan fingerprint density at radius 1 is 1.17 bits per heavy atom. The number of benzene rings is 2. The first-order valence-electron chi connectivity index (χ1n) is 7.30. The maximum atomic E-state index is 11.9. The van der Waals surface area contributed by atoms with E-state index in [-0.39, 0.29) is 12.5 Å². The van der Waals surface area contributed by atoms with Gasteiger partial charge in [-0.2, -0.15) is 5.10 Å². The molecule has 1 N–H and O–H groups in total. The highest BCUT2D eigenvalue weighted by Gasteiger charge is 2.04. The van der Waals surface area contributed by atoms with Gasteiger partial charge in [0.25, 0.3) is 5.91 Å². The fourth-order valence-corrected chi connectivity index (χ4v) is 2.17. The summed E-state index contributed by atoms with van der Waals surface area (Å²) in [6, 6.07) is 16.9. The number of hydrogen-bond acceptors (Lipinski definition) is 3. The Kier molecular flexibility index (Phi) is 4.38. The molecule has 0 spiro atoms. The lowest BCUT2D eigenvalue weighted by molar-refractivity contribution is -0.118. The van der Waals surface area contributed by atoms with Gasteiger partial charge in [0.05, 0.1) is 5.69 Å². The van der Waals surface area contributed by atoms with Crippen LogP contribution in [0.5, 0.6) is 5.75 Å². The lowest BCUT2D eigenvalue weighted by Crippen LogP contribution is -2.20. The maximum Gasteiger partial charge on any atom is 0.262 e. The minimum Gasteiger partial charge on any atom is -0.484 e. The zero-order chi connectivity index (χ0) is 16.1. The molecule has 1 heterocycles. The molecule has 3 aromatic rings. The van der Waals surface area contributed by atoms with E-state index in [0.717, 1.165) is 16.9 Å². The SMILES string of the molecule is Cc1cccc(OCC(=O)Nc2ccc(-n3cccn3)cc2)c1. The van der Waals surface area contributed by atoms with Gasteiger partial charge in [0.15, 0.2) is 6.61 Å². The van der Waals surface area contributed by atoms with E-state index in [4.69, 9.17) is 4.74 Å². The Labute approximate surface area is 134 Å². The smallest absolute Gasteiger partial charge is 0.262 e. The molecule has 0 unspecified atom stereocenters. The molecule has 1 amide bonds. The highest BCUT2D eigenvalue weighted by Crippen LogP contribution is 2.14. The first-order valence-corrected chi connectivity index (χ1v) is 7.30. The number of nitrogens with zero attached hydrogens (tertiary/aromatic N) is 2. The van der Waals surface area contributed by atoms with E-state index in [1.165, 1.54) is 0 Å². The summed E-state index contributed by atoms with van der Waals surface area (Å²) in [7, 11) is 0. The molecule has 0 aliphatic rings. The normalized spacial score (nSPS) is 10.3. The number of carbonyl (C=O) groups is 1. The molecule has 0 aliphatic heterocycles. The fraction of sp³-hybridized carbons (Fsp3) is 0.111. The Morgan fingerprint density at radius 3 is 2.70 bits per heavy atom. The summed E-state index contributed by atoms with van der Waals surface area (Å²) in [5.74, 6) is 0.493.